The zero-order chi connectivity index (χ0) is 17.8. The van der Waals surface area contributed by atoms with Crippen molar-refractivity contribution in [3.05, 3.63) is 83.5 Å². The lowest BCUT2D eigenvalue weighted by atomic mass is 10.2. The molecule has 1 aromatic carbocycles. The fraction of sp³-hybridized carbons (Fsp3) is 0.105. The third-order valence-corrected chi connectivity index (χ3v) is 5.08. The van der Waals surface area contributed by atoms with Gasteiger partial charge >= 0.3 is 0 Å². The van der Waals surface area contributed by atoms with Gasteiger partial charge in [0.15, 0.2) is 11.0 Å². The second-order valence-electron chi connectivity index (χ2n) is 5.63. The van der Waals surface area contributed by atoms with Gasteiger partial charge in [0.1, 0.15) is 5.76 Å². The Kier molecular flexibility index (Phi) is 5.04. The minimum Gasteiger partial charge on any atom is -0.467 e. The van der Waals surface area contributed by atoms with Crippen LogP contribution in [0.25, 0.3) is 11.4 Å². The third kappa shape index (κ3) is 3.81. The number of furan rings is 1. The van der Waals surface area contributed by atoms with Gasteiger partial charge < -0.3 is 4.42 Å². The van der Waals surface area contributed by atoms with Gasteiger partial charge in [-0.2, -0.15) is 0 Å². The fourth-order valence-corrected chi connectivity index (χ4v) is 3.68. The minimum atomic E-state index is 0.565. The molecule has 0 N–H and O–H groups in total. The molecule has 0 saturated heterocycles. The van der Waals surface area contributed by atoms with Crippen LogP contribution in [-0.2, 0) is 12.3 Å². The number of hydrogen-bond acceptors (Lipinski definition) is 5. The molecule has 0 unspecified atom stereocenters. The molecule has 7 heteroatoms. The Bertz CT molecular complexity index is 986. The summed E-state index contributed by atoms with van der Waals surface area (Å²) in [6.45, 7) is 0.565. The fourth-order valence-electron chi connectivity index (χ4n) is 2.59. The third-order valence-electron chi connectivity index (χ3n) is 3.81. The van der Waals surface area contributed by atoms with E-state index in [0.29, 0.717) is 6.54 Å². The molecule has 0 aliphatic rings. The van der Waals surface area contributed by atoms with Gasteiger partial charge in [0.25, 0.3) is 0 Å². The second kappa shape index (κ2) is 7.76. The molecule has 0 fully saturated rings. The smallest absolute Gasteiger partial charge is 0.192 e. The maximum absolute atomic E-state index is 6.08. The second-order valence-corrected chi connectivity index (χ2v) is 7.01. The summed E-state index contributed by atoms with van der Waals surface area (Å²) in [5.41, 5.74) is 2.11. The molecule has 0 atom stereocenters. The molecule has 4 aromatic rings. The lowest BCUT2D eigenvalue weighted by Crippen LogP contribution is -2.03. The first-order valence-electron chi connectivity index (χ1n) is 8.03. The summed E-state index contributed by atoms with van der Waals surface area (Å²) in [5, 5.41) is 10.3. The van der Waals surface area contributed by atoms with E-state index in [1.54, 1.807) is 30.4 Å². The number of nitrogens with zero attached hydrogens (tertiary/aromatic N) is 4. The molecule has 0 saturated carbocycles. The highest BCUT2D eigenvalue weighted by atomic mass is 35.5. The van der Waals surface area contributed by atoms with Crippen molar-refractivity contribution in [2.45, 2.75) is 17.5 Å². The van der Waals surface area contributed by atoms with Crippen molar-refractivity contribution in [2.24, 2.45) is 0 Å². The summed E-state index contributed by atoms with van der Waals surface area (Å²) in [6.07, 6.45) is 5.17. The normalized spacial score (nSPS) is 11.0. The van der Waals surface area contributed by atoms with Crippen LogP contribution in [0.15, 0.2) is 76.8 Å². The minimum absolute atomic E-state index is 0.565. The van der Waals surface area contributed by atoms with Crippen molar-refractivity contribution in [1.82, 2.24) is 19.7 Å². The van der Waals surface area contributed by atoms with Crippen LogP contribution < -0.4 is 0 Å². The SMILES string of the molecule is Clc1cccc(CSc2nnc(-c3ccncc3)n2Cc2ccco2)c1. The molecular formula is C19H15ClN4OS. The van der Waals surface area contributed by atoms with E-state index in [-0.39, 0.29) is 0 Å². The average Bonchev–Trinajstić information content (AvgIpc) is 3.31. The van der Waals surface area contributed by atoms with E-state index in [1.165, 1.54) is 0 Å². The van der Waals surface area contributed by atoms with Crippen LogP contribution in [0.3, 0.4) is 0 Å². The van der Waals surface area contributed by atoms with Crippen molar-refractivity contribution in [1.29, 1.82) is 0 Å². The van der Waals surface area contributed by atoms with Gasteiger partial charge in [-0.05, 0) is 42.0 Å². The Morgan fingerprint density at radius 2 is 1.92 bits per heavy atom. The highest BCUT2D eigenvalue weighted by Gasteiger charge is 2.16. The number of hydrogen-bond donors (Lipinski definition) is 0. The summed E-state index contributed by atoms with van der Waals surface area (Å²) >= 11 is 7.70. The number of thioether (sulfide) groups is 1. The van der Waals surface area contributed by atoms with E-state index in [1.807, 2.05) is 42.5 Å². The van der Waals surface area contributed by atoms with Crippen molar-refractivity contribution in [3.63, 3.8) is 0 Å². The zero-order valence-corrected chi connectivity index (χ0v) is 15.3. The van der Waals surface area contributed by atoms with Crippen LogP contribution >= 0.6 is 23.4 Å². The largest absolute Gasteiger partial charge is 0.467 e. The van der Waals surface area contributed by atoms with E-state index in [4.69, 9.17) is 16.0 Å². The van der Waals surface area contributed by atoms with Crippen LogP contribution in [0, 0.1) is 0 Å². The van der Waals surface area contributed by atoms with E-state index in [0.717, 1.165) is 38.6 Å². The molecule has 0 amide bonds. The van der Waals surface area contributed by atoms with Gasteiger partial charge in [0, 0.05) is 28.7 Å². The number of rotatable bonds is 6. The maximum atomic E-state index is 6.08. The van der Waals surface area contributed by atoms with Gasteiger partial charge in [-0.25, -0.2) is 0 Å². The molecule has 3 heterocycles. The van der Waals surface area contributed by atoms with Gasteiger partial charge in [0.05, 0.1) is 12.8 Å². The lowest BCUT2D eigenvalue weighted by molar-refractivity contribution is 0.485. The number of benzene rings is 1. The topological polar surface area (TPSA) is 56.7 Å². The molecular weight excluding hydrogens is 368 g/mol. The van der Waals surface area contributed by atoms with E-state index < -0.39 is 0 Å². The van der Waals surface area contributed by atoms with Crippen molar-refractivity contribution < 1.29 is 4.42 Å². The van der Waals surface area contributed by atoms with Gasteiger partial charge in [-0.1, -0.05) is 35.5 Å². The first-order valence-corrected chi connectivity index (χ1v) is 9.39. The molecule has 5 nitrogen and oxygen atoms in total. The molecule has 26 heavy (non-hydrogen) atoms. The molecule has 0 aliphatic carbocycles. The van der Waals surface area contributed by atoms with Gasteiger partial charge in [-0.15, -0.1) is 10.2 Å². The molecule has 0 aliphatic heterocycles. The van der Waals surface area contributed by atoms with Gasteiger partial charge in [0.2, 0.25) is 0 Å². The number of halogens is 1. The van der Waals surface area contributed by atoms with Crippen LogP contribution in [0.4, 0.5) is 0 Å². The van der Waals surface area contributed by atoms with E-state index in [2.05, 4.69) is 25.8 Å². The van der Waals surface area contributed by atoms with Crippen LogP contribution in [0.2, 0.25) is 5.02 Å². The Labute approximate surface area is 160 Å². The summed E-state index contributed by atoms with van der Waals surface area (Å²) in [7, 11) is 0. The summed E-state index contributed by atoms with van der Waals surface area (Å²) in [4.78, 5) is 4.07. The highest BCUT2D eigenvalue weighted by molar-refractivity contribution is 7.98. The number of pyridine rings is 1. The molecule has 0 spiro atoms. The number of aromatic nitrogens is 4. The van der Waals surface area contributed by atoms with Crippen molar-refractivity contribution >= 4 is 23.4 Å². The summed E-state index contributed by atoms with van der Waals surface area (Å²) in [5.74, 6) is 2.40. The predicted octanol–water partition coefficient (Wildman–Crippen LogP) is 4.93. The Balaban J connectivity index is 1.64. The van der Waals surface area contributed by atoms with Gasteiger partial charge in [-0.3, -0.25) is 9.55 Å². The van der Waals surface area contributed by atoms with E-state index >= 15 is 0 Å². The van der Waals surface area contributed by atoms with E-state index in [9.17, 15) is 0 Å². The molecule has 0 bridgehead atoms. The Morgan fingerprint density at radius 1 is 1.04 bits per heavy atom. The summed E-state index contributed by atoms with van der Waals surface area (Å²) in [6, 6.07) is 15.5. The maximum Gasteiger partial charge on any atom is 0.192 e. The highest BCUT2D eigenvalue weighted by Crippen LogP contribution is 2.27. The first-order chi connectivity index (χ1) is 12.8. The van der Waals surface area contributed by atoms with Crippen LogP contribution in [0.1, 0.15) is 11.3 Å². The Morgan fingerprint density at radius 3 is 2.69 bits per heavy atom. The Hall–Kier alpha value is -2.57. The first kappa shape index (κ1) is 16.9. The van der Waals surface area contributed by atoms with Crippen molar-refractivity contribution in [3.8, 4) is 11.4 Å². The quantitative estimate of drug-likeness (QED) is 0.443. The molecule has 0 radical (unpaired) electrons. The predicted molar refractivity (Wildman–Crippen MR) is 102 cm³/mol. The molecule has 4 rings (SSSR count). The monoisotopic (exact) mass is 382 g/mol. The van der Waals surface area contributed by atoms with Crippen molar-refractivity contribution in [2.75, 3.05) is 0 Å². The van der Waals surface area contributed by atoms with Crippen LogP contribution in [0.5, 0.6) is 0 Å². The standard InChI is InChI=1S/C19H15ClN4OS/c20-16-4-1-3-14(11-16)13-26-19-23-22-18(15-6-8-21-9-7-15)24(19)12-17-5-2-10-25-17/h1-11H,12-13H2. The summed E-state index contributed by atoms with van der Waals surface area (Å²) < 4.78 is 7.57. The lowest BCUT2D eigenvalue weighted by Gasteiger charge is -2.09. The molecule has 3 aromatic heterocycles. The average molecular weight is 383 g/mol. The zero-order valence-electron chi connectivity index (χ0n) is 13.7. The molecule has 130 valence electrons. The van der Waals surface area contributed by atoms with Crippen LogP contribution in [-0.4, -0.2) is 19.7 Å².